The molecule has 0 spiro atoms. The fourth-order valence-electron chi connectivity index (χ4n) is 2.87. The van der Waals surface area contributed by atoms with Crippen LogP contribution in [0.4, 0.5) is 0 Å². The second-order valence-corrected chi connectivity index (χ2v) is 7.65. The Kier molecular flexibility index (Phi) is 6.56. The van der Waals surface area contributed by atoms with Gasteiger partial charge >= 0.3 is 0 Å². The average Bonchev–Trinajstić information content (AvgIpc) is 3.13. The number of aryl methyl sites for hydroxylation is 4. The number of hydrogen-bond acceptors (Lipinski definition) is 7. The number of ether oxygens (including phenoxy) is 1. The van der Waals surface area contributed by atoms with Crippen molar-refractivity contribution in [2.75, 3.05) is 12.9 Å². The third-order valence-corrected chi connectivity index (χ3v) is 5.28. The number of benzene rings is 1. The molecule has 2 heterocycles. The largest absolute Gasteiger partial charge is 0.484 e. The van der Waals surface area contributed by atoms with Crippen molar-refractivity contribution in [2.24, 2.45) is 0 Å². The van der Waals surface area contributed by atoms with Crippen molar-refractivity contribution in [3.8, 4) is 5.75 Å². The highest BCUT2D eigenvalue weighted by atomic mass is 32.2. The Morgan fingerprint density at radius 2 is 1.80 bits per heavy atom. The standard InChI is InChI=1S/C20H24N6O3S/c1-11-6-7-15(8-12(11)2)29-10-18(28)24-23-17(27)9-16-13(3)21-19-22-20(30-5)25-26(19)14(16)4/h6-8H,9-10H2,1-5H3,(H,23,27)(H,24,28). The van der Waals surface area contributed by atoms with Crippen LogP contribution in [0.5, 0.6) is 5.75 Å². The predicted molar refractivity (Wildman–Crippen MR) is 113 cm³/mol. The number of hydrazine groups is 1. The summed E-state index contributed by atoms with van der Waals surface area (Å²) < 4.78 is 7.08. The zero-order valence-corrected chi connectivity index (χ0v) is 18.4. The molecule has 30 heavy (non-hydrogen) atoms. The molecule has 0 radical (unpaired) electrons. The molecule has 0 saturated heterocycles. The van der Waals surface area contributed by atoms with Gasteiger partial charge < -0.3 is 4.74 Å². The lowest BCUT2D eigenvalue weighted by atomic mass is 10.1. The molecular weight excluding hydrogens is 404 g/mol. The van der Waals surface area contributed by atoms with Gasteiger partial charge in [0.05, 0.1) is 6.42 Å². The van der Waals surface area contributed by atoms with E-state index < -0.39 is 5.91 Å². The summed E-state index contributed by atoms with van der Waals surface area (Å²) in [7, 11) is 0. The van der Waals surface area contributed by atoms with E-state index in [1.807, 2.05) is 46.1 Å². The molecule has 1 aromatic carbocycles. The molecule has 0 atom stereocenters. The van der Waals surface area contributed by atoms with Crippen molar-refractivity contribution in [1.29, 1.82) is 0 Å². The van der Waals surface area contributed by atoms with Gasteiger partial charge in [-0.15, -0.1) is 5.10 Å². The van der Waals surface area contributed by atoms with Gasteiger partial charge in [-0.3, -0.25) is 20.4 Å². The van der Waals surface area contributed by atoms with Gasteiger partial charge in [0.25, 0.3) is 11.7 Å². The van der Waals surface area contributed by atoms with Gasteiger partial charge in [0.2, 0.25) is 11.1 Å². The second-order valence-electron chi connectivity index (χ2n) is 6.88. The van der Waals surface area contributed by atoms with Crippen LogP contribution >= 0.6 is 11.8 Å². The first-order valence-corrected chi connectivity index (χ1v) is 10.6. The Balaban J connectivity index is 1.56. The molecule has 0 fully saturated rings. The highest BCUT2D eigenvalue weighted by Crippen LogP contribution is 2.17. The Morgan fingerprint density at radius 1 is 1.07 bits per heavy atom. The molecule has 0 bridgehead atoms. The lowest BCUT2D eigenvalue weighted by Crippen LogP contribution is -2.44. The number of thioether (sulfide) groups is 1. The molecule has 0 aliphatic heterocycles. The Hall–Kier alpha value is -3.14. The number of aromatic nitrogens is 4. The molecule has 2 N–H and O–H groups in total. The van der Waals surface area contributed by atoms with E-state index in [1.54, 1.807) is 10.6 Å². The predicted octanol–water partition coefficient (Wildman–Crippen LogP) is 1.85. The number of fused-ring (bicyclic) bond motifs is 1. The molecule has 9 nitrogen and oxygen atoms in total. The summed E-state index contributed by atoms with van der Waals surface area (Å²) in [5, 5.41) is 4.98. The van der Waals surface area contributed by atoms with E-state index >= 15 is 0 Å². The number of carbonyl (C=O) groups is 2. The van der Waals surface area contributed by atoms with Crippen LogP contribution in [0, 0.1) is 27.7 Å². The fraction of sp³-hybridized carbons (Fsp3) is 0.350. The molecule has 0 aliphatic carbocycles. The molecule has 3 rings (SSSR count). The van der Waals surface area contributed by atoms with E-state index in [4.69, 9.17) is 4.74 Å². The van der Waals surface area contributed by atoms with Crippen LogP contribution in [0.2, 0.25) is 0 Å². The van der Waals surface area contributed by atoms with Gasteiger partial charge in [0.15, 0.2) is 6.61 Å². The van der Waals surface area contributed by atoms with Crippen molar-refractivity contribution in [2.45, 2.75) is 39.3 Å². The summed E-state index contributed by atoms with van der Waals surface area (Å²) in [6.07, 6.45) is 1.94. The number of hydrogen-bond donors (Lipinski definition) is 2. The van der Waals surface area contributed by atoms with E-state index in [9.17, 15) is 9.59 Å². The van der Waals surface area contributed by atoms with E-state index in [0.717, 1.165) is 22.4 Å². The average molecular weight is 429 g/mol. The third-order valence-electron chi connectivity index (χ3n) is 4.74. The van der Waals surface area contributed by atoms with Crippen LogP contribution in [-0.4, -0.2) is 44.3 Å². The Labute approximate surface area is 178 Å². The fourth-order valence-corrected chi connectivity index (χ4v) is 3.20. The number of amides is 2. The Morgan fingerprint density at radius 3 is 2.50 bits per heavy atom. The number of carbonyl (C=O) groups excluding carboxylic acids is 2. The minimum atomic E-state index is -0.454. The summed E-state index contributed by atoms with van der Waals surface area (Å²) in [6.45, 7) is 7.45. The van der Waals surface area contributed by atoms with Crippen LogP contribution in [-0.2, 0) is 16.0 Å². The lowest BCUT2D eigenvalue weighted by Gasteiger charge is -2.12. The second kappa shape index (κ2) is 9.12. The molecule has 158 valence electrons. The van der Waals surface area contributed by atoms with Crippen LogP contribution in [0.15, 0.2) is 23.4 Å². The number of nitrogens with zero attached hydrogens (tertiary/aromatic N) is 4. The van der Waals surface area contributed by atoms with Crippen LogP contribution in [0.25, 0.3) is 5.78 Å². The first kappa shape index (κ1) is 21.6. The van der Waals surface area contributed by atoms with Gasteiger partial charge in [0.1, 0.15) is 5.75 Å². The smallest absolute Gasteiger partial charge is 0.276 e. The minimum absolute atomic E-state index is 0.0490. The van der Waals surface area contributed by atoms with E-state index in [2.05, 4.69) is 25.9 Å². The number of rotatable bonds is 6. The highest BCUT2D eigenvalue weighted by Gasteiger charge is 2.16. The first-order valence-electron chi connectivity index (χ1n) is 9.33. The molecule has 10 heteroatoms. The number of nitrogens with one attached hydrogen (secondary N) is 2. The van der Waals surface area contributed by atoms with Gasteiger partial charge in [0, 0.05) is 17.0 Å². The van der Waals surface area contributed by atoms with Crippen molar-refractivity contribution in [1.82, 2.24) is 30.4 Å². The topological polar surface area (TPSA) is 111 Å². The summed E-state index contributed by atoms with van der Waals surface area (Å²) in [6, 6.07) is 5.59. The summed E-state index contributed by atoms with van der Waals surface area (Å²) in [5.74, 6) is 0.273. The summed E-state index contributed by atoms with van der Waals surface area (Å²) >= 11 is 1.42. The Bertz CT molecular complexity index is 1110. The zero-order valence-electron chi connectivity index (χ0n) is 17.6. The van der Waals surface area contributed by atoms with Gasteiger partial charge in [-0.1, -0.05) is 17.8 Å². The third kappa shape index (κ3) is 4.88. The first-order chi connectivity index (χ1) is 14.3. The monoisotopic (exact) mass is 428 g/mol. The summed E-state index contributed by atoms with van der Waals surface area (Å²) in [5.41, 5.74) is 9.21. The van der Waals surface area contributed by atoms with Crippen LogP contribution in [0.3, 0.4) is 0 Å². The van der Waals surface area contributed by atoms with E-state index in [0.29, 0.717) is 22.4 Å². The maximum absolute atomic E-state index is 12.3. The quantitative estimate of drug-likeness (QED) is 0.455. The molecule has 0 saturated carbocycles. The maximum atomic E-state index is 12.3. The highest BCUT2D eigenvalue weighted by molar-refractivity contribution is 7.98. The molecule has 3 aromatic rings. The lowest BCUT2D eigenvalue weighted by molar-refractivity contribution is -0.129. The van der Waals surface area contributed by atoms with Crippen LogP contribution in [0.1, 0.15) is 28.1 Å². The summed E-state index contributed by atoms with van der Waals surface area (Å²) in [4.78, 5) is 33.1. The van der Waals surface area contributed by atoms with Crippen molar-refractivity contribution in [3.05, 3.63) is 46.3 Å². The van der Waals surface area contributed by atoms with Gasteiger partial charge in [-0.05, 0) is 57.2 Å². The zero-order chi connectivity index (χ0) is 21.8. The molecular formula is C20H24N6O3S. The van der Waals surface area contributed by atoms with Crippen molar-refractivity contribution in [3.63, 3.8) is 0 Å². The van der Waals surface area contributed by atoms with E-state index in [1.165, 1.54) is 11.8 Å². The normalized spacial score (nSPS) is 10.8. The van der Waals surface area contributed by atoms with Crippen molar-refractivity contribution < 1.29 is 14.3 Å². The minimum Gasteiger partial charge on any atom is -0.484 e. The maximum Gasteiger partial charge on any atom is 0.276 e. The molecule has 0 aliphatic rings. The van der Waals surface area contributed by atoms with E-state index in [-0.39, 0.29) is 18.9 Å². The van der Waals surface area contributed by atoms with Crippen LogP contribution < -0.4 is 15.6 Å². The molecule has 2 aromatic heterocycles. The van der Waals surface area contributed by atoms with Crippen molar-refractivity contribution >= 4 is 29.4 Å². The van der Waals surface area contributed by atoms with Gasteiger partial charge in [-0.25, -0.2) is 9.50 Å². The molecule has 2 amide bonds. The molecule has 0 unspecified atom stereocenters. The SMILES string of the molecule is CSc1nc2nc(C)c(CC(=O)NNC(=O)COc3ccc(C)c(C)c3)c(C)n2n1. The van der Waals surface area contributed by atoms with Gasteiger partial charge in [-0.2, -0.15) is 4.98 Å².